The molecular formula is C68H74N2O4. The van der Waals surface area contributed by atoms with Crippen LogP contribution in [-0.2, 0) is 60.6 Å². The van der Waals surface area contributed by atoms with E-state index in [-0.39, 0.29) is 21.7 Å². The fourth-order valence-electron chi connectivity index (χ4n) is 9.76. The van der Waals surface area contributed by atoms with E-state index in [4.69, 9.17) is 18.9 Å². The van der Waals surface area contributed by atoms with E-state index in [2.05, 4.69) is 202 Å². The molecule has 380 valence electrons. The van der Waals surface area contributed by atoms with Crippen LogP contribution >= 0.6 is 0 Å². The molecular weight excluding hydrogens is 909 g/mol. The molecule has 6 heteroatoms. The smallest absolute Gasteiger partial charge is 0.134 e. The third-order valence-electron chi connectivity index (χ3n) is 14.2. The molecule has 0 aliphatic heterocycles. The predicted molar refractivity (Wildman–Crippen MR) is 302 cm³/mol. The van der Waals surface area contributed by atoms with Gasteiger partial charge in [-0.3, -0.25) is 9.97 Å². The van der Waals surface area contributed by atoms with Crippen molar-refractivity contribution in [3.05, 3.63) is 236 Å². The quantitative estimate of drug-likeness (QED) is 0.136. The van der Waals surface area contributed by atoms with Gasteiger partial charge in [-0.25, -0.2) is 0 Å². The van der Waals surface area contributed by atoms with Gasteiger partial charge in [-0.2, -0.15) is 0 Å². The van der Waals surface area contributed by atoms with Gasteiger partial charge in [0, 0.05) is 50.5 Å². The van der Waals surface area contributed by atoms with Gasteiger partial charge in [0.2, 0.25) is 0 Å². The normalized spacial score (nSPS) is 13.0. The fourth-order valence-corrected chi connectivity index (χ4v) is 9.76. The first-order valence-electron chi connectivity index (χ1n) is 26.3. The standard InChI is InChI=1S/C68H74N2O4/c1-65(2,3)55-35-47-31-51-39-57(67(7,8)9)41-53(63(51)73-59-23-27-69-28-24-59)33-49-37-56(66(4,5)6)38-50(62(49)72-44-46-21-17-14-18-22-46)34-54-42-58(68(10,11)12)40-52(64(54)74-60-25-29-70-30-26-60)32-48(36-55)61(47)71-43-45-19-15-13-16-20-45/h13-30,35-42H,31-34,43-44H2,1-12H3. The minimum absolute atomic E-state index is 0.185. The molecule has 2 aromatic heterocycles. The van der Waals surface area contributed by atoms with Gasteiger partial charge >= 0.3 is 0 Å². The highest BCUT2D eigenvalue weighted by Crippen LogP contribution is 2.46. The van der Waals surface area contributed by atoms with Gasteiger partial charge < -0.3 is 18.9 Å². The summed E-state index contributed by atoms with van der Waals surface area (Å²) >= 11 is 0. The highest BCUT2D eigenvalue weighted by atomic mass is 16.5. The summed E-state index contributed by atoms with van der Waals surface area (Å²) in [7, 11) is 0. The maximum absolute atomic E-state index is 7.27. The number of pyridine rings is 2. The van der Waals surface area contributed by atoms with Crippen LogP contribution in [0.1, 0.15) is 161 Å². The Labute approximate surface area is 441 Å². The molecule has 0 radical (unpaired) electrons. The van der Waals surface area contributed by atoms with E-state index < -0.39 is 0 Å². The van der Waals surface area contributed by atoms with Crippen LogP contribution in [0.25, 0.3) is 0 Å². The van der Waals surface area contributed by atoms with Crippen LogP contribution in [0.4, 0.5) is 0 Å². The highest BCUT2D eigenvalue weighted by Gasteiger charge is 2.30. The second-order valence-electron chi connectivity index (χ2n) is 24.3. The van der Waals surface area contributed by atoms with Crippen molar-refractivity contribution in [2.24, 2.45) is 0 Å². The number of hydrogen-bond donors (Lipinski definition) is 0. The van der Waals surface area contributed by atoms with E-state index >= 15 is 0 Å². The van der Waals surface area contributed by atoms with Crippen LogP contribution < -0.4 is 18.9 Å². The van der Waals surface area contributed by atoms with E-state index in [1.54, 1.807) is 24.8 Å². The van der Waals surface area contributed by atoms with Crippen molar-refractivity contribution in [3.63, 3.8) is 0 Å². The second kappa shape index (κ2) is 21.0. The molecule has 1 aliphatic rings. The van der Waals surface area contributed by atoms with Crippen LogP contribution in [-0.4, -0.2) is 9.97 Å². The van der Waals surface area contributed by atoms with Gasteiger partial charge in [-0.05, 0) is 124 Å². The number of rotatable bonds is 10. The topological polar surface area (TPSA) is 62.7 Å². The molecule has 0 fully saturated rings. The number of benzene rings is 6. The number of aromatic nitrogens is 2. The summed E-state index contributed by atoms with van der Waals surface area (Å²) in [5, 5.41) is 0. The van der Waals surface area contributed by atoms with E-state index in [0.29, 0.717) is 38.9 Å². The van der Waals surface area contributed by atoms with Crippen molar-refractivity contribution < 1.29 is 18.9 Å². The van der Waals surface area contributed by atoms with Crippen LogP contribution in [0, 0.1) is 0 Å². The number of hydrogen-bond acceptors (Lipinski definition) is 6. The highest BCUT2D eigenvalue weighted by molar-refractivity contribution is 5.61. The summed E-state index contributed by atoms with van der Waals surface area (Å²) in [6, 6.07) is 47.8. The molecule has 0 N–H and O–H groups in total. The number of ether oxygens (including phenoxy) is 4. The first kappa shape index (κ1) is 51.7. The third-order valence-corrected chi connectivity index (χ3v) is 14.2. The fraction of sp³-hybridized carbons (Fsp3) is 0.324. The SMILES string of the molecule is CC(C)(C)c1cc2c(OCc3ccccc3)c(c1)Cc1cc(C(C)(C)C)cc(c1Oc1ccncc1)Cc1cc(C(C)(C)C)cc(c1OCc1ccccc1)Cc1cc(C(C)(C)C)cc(c1Oc1ccncc1)C2. The van der Waals surface area contributed by atoms with Crippen LogP contribution in [0.15, 0.2) is 158 Å². The van der Waals surface area contributed by atoms with Crippen molar-refractivity contribution in [2.45, 2.75) is 144 Å². The zero-order chi connectivity index (χ0) is 52.4. The minimum atomic E-state index is -0.186. The molecule has 6 aromatic carbocycles. The molecule has 8 aromatic rings. The van der Waals surface area contributed by atoms with Gasteiger partial charge in [-0.15, -0.1) is 0 Å². The average Bonchev–Trinajstić information content (AvgIpc) is 3.35. The maximum Gasteiger partial charge on any atom is 0.134 e. The van der Waals surface area contributed by atoms with Crippen LogP contribution in [0.3, 0.4) is 0 Å². The Balaban J connectivity index is 1.41. The third kappa shape index (κ3) is 12.2. The molecule has 0 atom stereocenters. The van der Waals surface area contributed by atoms with Gasteiger partial charge in [0.25, 0.3) is 0 Å². The van der Waals surface area contributed by atoms with Crippen molar-refractivity contribution in [2.75, 3.05) is 0 Å². The predicted octanol–water partition coefficient (Wildman–Crippen LogP) is 17.1. The Bertz CT molecular complexity index is 2910. The van der Waals surface area contributed by atoms with Gasteiger partial charge in [0.05, 0.1) is 0 Å². The molecule has 0 unspecified atom stereocenters. The summed E-state index contributed by atoms with van der Waals surface area (Å²) < 4.78 is 29.0. The zero-order valence-electron chi connectivity index (χ0n) is 45.8. The van der Waals surface area contributed by atoms with E-state index in [9.17, 15) is 0 Å². The molecule has 1 aliphatic carbocycles. The van der Waals surface area contributed by atoms with Crippen molar-refractivity contribution >= 4 is 0 Å². The van der Waals surface area contributed by atoms with Crippen LogP contribution in [0.5, 0.6) is 34.5 Å². The Morgan fingerprint density at radius 2 is 0.568 bits per heavy atom. The first-order valence-corrected chi connectivity index (χ1v) is 26.3. The summed E-state index contributed by atoms with van der Waals surface area (Å²) in [6.45, 7) is 28.4. The monoisotopic (exact) mass is 983 g/mol. The largest absolute Gasteiger partial charge is 0.488 e. The molecule has 0 saturated heterocycles. The molecule has 0 amide bonds. The molecule has 2 heterocycles. The van der Waals surface area contributed by atoms with Crippen molar-refractivity contribution in [1.29, 1.82) is 0 Å². The van der Waals surface area contributed by atoms with E-state index in [0.717, 1.165) is 90.1 Å². The molecule has 74 heavy (non-hydrogen) atoms. The second-order valence-corrected chi connectivity index (χ2v) is 24.3. The molecule has 0 saturated carbocycles. The van der Waals surface area contributed by atoms with Crippen LogP contribution in [0.2, 0.25) is 0 Å². The molecule has 8 bridgehead atoms. The van der Waals surface area contributed by atoms with Crippen molar-refractivity contribution in [3.8, 4) is 34.5 Å². The minimum Gasteiger partial charge on any atom is -0.488 e. The Morgan fingerprint density at radius 3 is 0.811 bits per heavy atom. The van der Waals surface area contributed by atoms with Gasteiger partial charge in [-0.1, -0.05) is 192 Å². The Morgan fingerprint density at radius 1 is 0.324 bits per heavy atom. The Kier molecular flexibility index (Phi) is 14.7. The molecule has 0 spiro atoms. The number of fused-ring (bicyclic) bond motifs is 8. The lowest BCUT2D eigenvalue weighted by Gasteiger charge is -2.29. The van der Waals surface area contributed by atoms with Gasteiger partial charge in [0.1, 0.15) is 47.7 Å². The summed E-state index contributed by atoms with van der Waals surface area (Å²) in [5.74, 6) is 4.87. The average molecular weight is 983 g/mol. The summed E-state index contributed by atoms with van der Waals surface area (Å²) in [6.07, 6.45) is 9.40. The molecule has 6 nitrogen and oxygen atoms in total. The van der Waals surface area contributed by atoms with E-state index in [1.165, 1.54) is 22.3 Å². The lowest BCUT2D eigenvalue weighted by atomic mass is 9.79. The first-order chi connectivity index (χ1) is 35.2. The lowest BCUT2D eigenvalue weighted by Crippen LogP contribution is -2.17. The van der Waals surface area contributed by atoms with Gasteiger partial charge in [0.15, 0.2) is 0 Å². The maximum atomic E-state index is 7.27. The zero-order valence-corrected chi connectivity index (χ0v) is 45.8. The summed E-state index contributed by atoms with van der Waals surface area (Å²) in [4.78, 5) is 8.76. The number of nitrogens with zero attached hydrogens (tertiary/aromatic N) is 2. The Hall–Kier alpha value is -7.18. The molecule has 9 rings (SSSR count). The van der Waals surface area contributed by atoms with Crippen molar-refractivity contribution in [1.82, 2.24) is 9.97 Å². The lowest BCUT2D eigenvalue weighted by molar-refractivity contribution is 0.300. The van der Waals surface area contributed by atoms with E-state index in [1.807, 2.05) is 24.3 Å². The summed E-state index contributed by atoms with van der Waals surface area (Å²) in [5.41, 5.74) is 15.1.